The number of aliphatic hydroxyl groups excluding tert-OH is 1. The van der Waals surface area contributed by atoms with Crippen LogP contribution in [0.5, 0.6) is 5.75 Å². The zero-order valence-corrected chi connectivity index (χ0v) is 15.9. The number of aromatic nitrogens is 1. The van der Waals surface area contributed by atoms with Crippen LogP contribution in [-0.2, 0) is 5.60 Å². The lowest BCUT2D eigenvalue weighted by Crippen LogP contribution is -2.47. The van der Waals surface area contributed by atoms with Gasteiger partial charge < -0.3 is 14.9 Å². The first kappa shape index (κ1) is 18.9. The lowest BCUT2D eigenvalue weighted by atomic mass is 9.84. The van der Waals surface area contributed by atoms with Crippen molar-refractivity contribution in [3.8, 4) is 5.75 Å². The second-order valence-electron chi connectivity index (χ2n) is 7.42. The second-order valence-corrected chi connectivity index (χ2v) is 7.42. The number of piperidine rings is 1. The zero-order valence-electron chi connectivity index (χ0n) is 15.9. The van der Waals surface area contributed by atoms with E-state index in [1.807, 2.05) is 65.6 Å². The molecular formula is C23H26N2O3. The van der Waals surface area contributed by atoms with Gasteiger partial charge in [-0.1, -0.05) is 36.4 Å². The molecule has 1 aliphatic heterocycles. The highest BCUT2D eigenvalue weighted by Gasteiger charge is 2.36. The van der Waals surface area contributed by atoms with Gasteiger partial charge in [0.15, 0.2) is 0 Å². The van der Waals surface area contributed by atoms with Crippen LogP contribution in [0.2, 0.25) is 0 Å². The maximum absolute atomic E-state index is 11.2. The molecule has 0 aliphatic carbocycles. The van der Waals surface area contributed by atoms with E-state index in [1.54, 1.807) is 6.20 Å². The molecule has 1 aromatic heterocycles. The Morgan fingerprint density at radius 1 is 1.04 bits per heavy atom. The standard InChI is InChI=1S/C23H26N2O3/c26-22(10-15-28-20-7-2-1-3-8-20)25-13-11-23(27,12-14-25)19-16-18-6-4-5-9-21(18)24-17-19/h1-9,16-17,22,26-27H,10-15H2/t22-/m0/s1. The summed E-state index contributed by atoms with van der Waals surface area (Å²) in [7, 11) is 0. The number of benzene rings is 2. The van der Waals surface area contributed by atoms with E-state index in [4.69, 9.17) is 4.74 Å². The molecule has 0 radical (unpaired) electrons. The van der Waals surface area contributed by atoms with Crippen molar-refractivity contribution in [2.24, 2.45) is 0 Å². The Bertz CT molecular complexity index is 908. The molecule has 4 rings (SSSR count). The number of hydrogen-bond acceptors (Lipinski definition) is 5. The van der Waals surface area contributed by atoms with Gasteiger partial charge in [-0.25, -0.2) is 0 Å². The van der Waals surface area contributed by atoms with E-state index < -0.39 is 11.8 Å². The van der Waals surface area contributed by atoms with Crippen LogP contribution in [0.25, 0.3) is 10.9 Å². The largest absolute Gasteiger partial charge is 0.493 e. The molecule has 2 aromatic carbocycles. The number of para-hydroxylation sites is 2. The summed E-state index contributed by atoms with van der Waals surface area (Å²) in [6.07, 6.45) is 2.89. The predicted octanol–water partition coefficient (Wildman–Crippen LogP) is 3.31. The van der Waals surface area contributed by atoms with E-state index in [1.165, 1.54) is 0 Å². The summed E-state index contributed by atoms with van der Waals surface area (Å²) in [5.41, 5.74) is 0.891. The highest BCUT2D eigenvalue weighted by atomic mass is 16.5. The number of pyridine rings is 1. The summed E-state index contributed by atoms with van der Waals surface area (Å²) < 4.78 is 5.67. The Labute approximate surface area is 165 Å². The average molecular weight is 378 g/mol. The Kier molecular flexibility index (Phi) is 5.57. The summed E-state index contributed by atoms with van der Waals surface area (Å²) in [6, 6.07) is 19.6. The van der Waals surface area contributed by atoms with Crippen LogP contribution in [0.4, 0.5) is 0 Å². The molecule has 2 heterocycles. The van der Waals surface area contributed by atoms with E-state index in [2.05, 4.69) is 4.98 Å². The third-order valence-corrected chi connectivity index (χ3v) is 5.56. The van der Waals surface area contributed by atoms with Gasteiger partial charge in [0.1, 0.15) is 12.0 Å². The molecule has 5 nitrogen and oxygen atoms in total. The molecule has 1 saturated heterocycles. The maximum atomic E-state index is 11.2. The summed E-state index contributed by atoms with van der Waals surface area (Å²) >= 11 is 0. The first-order chi connectivity index (χ1) is 13.6. The fourth-order valence-electron chi connectivity index (χ4n) is 3.79. The van der Waals surface area contributed by atoms with Crippen molar-refractivity contribution in [1.29, 1.82) is 0 Å². The maximum Gasteiger partial charge on any atom is 0.119 e. The third-order valence-electron chi connectivity index (χ3n) is 5.56. The highest BCUT2D eigenvalue weighted by molar-refractivity contribution is 5.78. The van der Waals surface area contributed by atoms with Crippen LogP contribution >= 0.6 is 0 Å². The zero-order chi connectivity index (χ0) is 19.4. The average Bonchev–Trinajstić information content (AvgIpc) is 2.74. The van der Waals surface area contributed by atoms with Gasteiger partial charge in [0, 0.05) is 36.7 Å². The lowest BCUT2D eigenvalue weighted by Gasteiger charge is -2.40. The molecule has 1 fully saturated rings. The van der Waals surface area contributed by atoms with Crippen LogP contribution in [0, 0.1) is 0 Å². The smallest absolute Gasteiger partial charge is 0.119 e. The molecule has 1 aliphatic rings. The van der Waals surface area contributed by atoms with Crippen LogP contribution in [-0.4, -0.2) is 46.0 Å². The number of hydrogen-bond donors (Lipinski definition) is 2. The van der Waals surface area contributed by atoms with Crippen molar-refractivity contribution in [2.45, 2.75) is 31.1 Å². The van der Waals surface area contributed by atoms with E-state index in [0.29, 0.717) is 39.0 Å². The Morgan fingerprint density at radius 3 is 2.54 bits per heavy atom. The first-order valence-corrected chi connectivity index (χ1v) is 9.82. The number of likely N-dealkylation sites (tertiary alicyclic amines) is 1. The Hall–Kier alpha value is -2.47. The van der Waals surface area contributed by atoms with Crippen LogP contribution in [0.1, 0.15) is 24.8 Å². The van der Waals surface area contributed by atoms with Crippen molar-refractivity contribution in [3.05, 3.63) is 72.4 Å². The molecule has 3 aromatic rings. The normalized spacial score (nSPS) is 18.1. The minimum Gasteiger partial charge on any atom is -0.493 e. The van der Waals surface area contributed by atoms with Crippen LogP contribution in [0.3, 0.4) is 0 Å². The minimum atomic E-state index is -0.895. The monoisotopic (exact) mass is 378 g/mol. The summed E-state index contributed by atoms with van der Waals surface area (Å²) in [4.78, 5) is 6.50. The summed E-state index contributed by atoms with van der Waals surface area (Å²) in [5.74, 6) is 0.812. The van der Waals surface area contributed by atoms with Gasteiger partial charge >= 0.3 is 0 Å². The fourth-order valence-corrected chi connectivity index (χ4v) is 3.79. The Morgan fingerprint density at radius 2 is 1.75 bits per heavy atom. The quantitative estimate of drug-likeness (QED) is 0.689. The molecule has 2 N–H and O–H groups in total. The molecule has 0 spiro atoms. The van der Waals surface area contributed by atoms with Gasteiger partial charge in [0.25, 0.3) is 0 Å². The molecule has 0 bridgehead atoms. The van der Waals surface area contributed by atoms with Crippen molar-refractivity contribution in [1.82, 2.24) is 9.88 Å². The number of nitrogens with zero attached hydrogens (tertiary/aromatic N) is 2. The molecule has 146 valence electrons. The number of aliphatic hydroxyl groups is 2. The molecule has 0 unspecified atom stereocenters. The molecule has 0 amide bonds. The SMILES string of the molecule is O[C@@H](CCOc1ccccc1)N1CCC(O)(c2cnc3ccccc3c2)CC1. The van der Waals surface area contributed by atoms with Crippen molar-refractivity contribution < 1.29 is 14.9 Å². The van der Waals surface area contributed by atoms with Crippen LogP contribution < -0.4 is 4.74 Å². The number of rotatable bonds is 6. The molecule has 1 atom stereocenters. The van der Waals surface area contributed by atoms with Gasteiger partial charge in [-0.05, 0) is 37.1 Å². The summed E-state index contributed by atoms with van der Waals surface area (Å²) in [5, 5.41) is 22.7. The molecule has 5 heteroatoms. The summed E-state index contributed by atoms with van der Waals surface area (Å²) in [6.45, 7) is 1.73. The number of fused-ring (bicyclic) bond motifs is 1. The minimum absolute atomic E-state index is 0.459. The van der Waals surface area contributed by atoms with Crippen molar-refractivity contribution in [2.75, 3.05) is 19.7 Å². The van der Waals surface area contributed by atoms with E-state index >= 15 is 0 Å². The van der Waals surface area contributed by atoms with Gasteiger partial charge in [0.2, 0.25) is 0 Å². The first-order valence-electron chi connectivity index (χ1n) is 9.82. The molecule has 28 heavy (non-hydrogen) atoms. The van der Waals surface area contributed by atoms with E-state index in [0.717, 1.165) is 22.2 Å². The number of ether oxygens (including phenoxy) is 1. The van der Waals surface area contributed by atoms with E-state index in [9.17, 15) is 10.2 Å². The lowest BCUT2D eigenvalue weighted by molar-refractivity contribution is -0.0819. The Balaban J connectivity index is 1.32. The second kappa shape index (κ2) is 8.27. The van der Waals surface area contributed by atoms with E-state index in [-0.39, 0.29) is 0 Å². The highest BCUT2D eigenvalue weighted by Crippen LogP contribution is 2.34. The van der Waals surface area contributed by atoms with Gasteiger partial charge in [-0.3, -0.25) is 9.88 Å². The fraction of sp³-hybridized carbons (Fsp3) is 0.348. The third kappa shape index (κ3) is 4.17. The van der Waals surface area contributed by atoms with Gasteiger partial charge in [0.05, 0.1) is 17.7 Å². The molecule has 0 saturated carbocycles. The van der Waals surface area contributed by atoms with Crippen molar-refractivity contribution >= 4 is 10.9 Å². The predicted molar refractivity (Wildman–Crippen MR) is 109 cm³/mol. The van der Waals surface area contributed by atoms with Gasteiger partial charge in [-0.15, -0.1) is 0 Å². The van der Waals surface area contributed by atoms with Crippen molar-refractivity contribution in [3.63, 3.8) is 0 Å². The van der Waals surface area contributed by atoms with Crippen LogP contribution in [0.15, 0.2) is 66.9 Å². The molecular weight excluding hydrogens is 352 g/mol. The van der Waals surface area contributed by atoms with Gasteiger partial charge in [-0.2, -0.15) is 0 Å². The topological polar surface area (TPSA) is 65.8 Å².